The molecule has 10 nitrogen and oxygen atoms in total. The predicted octanol–water partition coefficient (Wildman–Crippen LogP) is 1.38. The number of fused-ring (bicyclic) bond motifs is 1. The number of hydrogen-bond acceptors (Lipinski definition) is 6. The summed E-state index contributed by atoms with van der Waals surface area (Å²) in [6.45, 7) is 1.40. The normalized spacial score (nSPS) is 14.8. The van der Waals surface area contributed by atoms with Gasteiger partial charge in [0.15, 0.2) is 11.8 Å². The molecule has 0 aliphatic heterocycles. The maximum Gasteiger partial charge on any atom is 0.321 e. The van der Waals surface area contributed by atoms with Crippen LogP contribution in [0.5, 0.6) is 0 Å². The number of esters is 1. The predicted molar refractivity (Wildman–Crippen MR) is 108 cm³/mol. The van der Waals surface area contributed by atoms with Crippen molar-refractivity contribution in [2.75, 3.05) is 6.54 Å². The van der Waals surface area contributed by atoms with Crippen molar-refractivity contribution in [3.8, 4) is 0 Å². The van der Waals surface area contributed by atoms with Crippen molar-refractivity contribution in [3.05, 3.63) is 30.0 Å². The summed E-state index contributed by atoms with van der Waals surface area (Å²) in [7, 11) is 0. The molecule has 1 fully saturated rings. The molecular formula is C20H25N5O5. The highest BCUT2D eigenvalue weighted by atomic mass is 16.5. The minimum atomic E-state index is -1.13. The van der Waals surface area contributed by atoms with Crippen LogP contribution in [0, 0.1) is 0 Å². The van der Waals surface area contributed by atoms with E-state index in [9.17, 15) is 19.2 Å². The van der Waals surface area contributed by atoms with Crippen LogP contribution < -0.4 is 16.0 Å². The number of amides is 4. The van der Waals surface area contributed by atoms with Gasteiger partial charge in [0, 0.05) is 18.0 Å². The molecular weight excluding hydrogens is 390 g/mol. The highest BCUT2D eigenvalue weighted by Crippen LogP contribution is 2.17. The molecule has 30 heavy (non-hydrogen) atoms. The molecule has 10 heteroatoms. The van der Waals surface area contributed by atoms with E-state index < -0.39 is 29.9 Å². The highest BCUT2D eigenvalue weighted by Gasteiger charge is 2.22. The number of urea groups is 1. The molecule has 1 heterocycles. The number of H-pyrrole nitrogens is 1. The maximum absolute atomic E-state index is 12.2. The second-order valence-corrected chi connectivity index (χ2v) is 7.20. The summed E-state index contributed by atoms with van der Waals surface area (Å²) in [4.78, 5) is 48.0. The summed E-state index contributed by atoms with van der Waals surface area (Å²) in [6.07, 6.45) is 2.65. The second-order valence-electron chi connectivity index (χ2n) is 7.20. The Bertz CT molecular complexity index is 935. The average molecular weight is 415 g/mol. The first-order chi connectivity index (χ1) is 14.4. The molecule has 2 aromatic rings. The Kier molecular flexibility index (Phi) is 6.99. The van der Waals surface area contributed by atoms with Gasteiger partial charge in [-0.1, -0.05) is 31.0 Å². The van der Waals surface area contributed by atoms with Crippen molar-refractivity contribution in [3.63, 3.8) is 0 Å². The summed E-state index contributed by atoms with van der Waals surface area (Å²) in [5.41, 5.74) is 0.971. The standard InChI is InChI=1S/C20H25N5O5/c1-12(18(27)23-20(29)22-13-6-2-3-7-13)30-16(26)10-11-21-19(28)17-14-8-4-5-9-15(14)24-25-17/h4-5,8-9,12-13H,2-3,6-7,10-11H2,1H3,(H,21,28)(H,24,25)(H2,22,23,27,29). The number of ether oxygens (including phenoxy) is 1. The van der Waals surface area contributed by atoms with Crippen molar-refractivity contribution in [2.24, 2.45) is 0 Å². The lowest BCUT2D eigenvalue weighted by atomic mass is 10.2. The molecule has 0 bridgehead atoms. The molecule has 0 radical (unpaired) electrons. The van der Waals surface area contributed by atoms with Crippen LogP contribution in [0.4, 0.5) is 4.79 Å². The number of nitrogens with zero attached hydrogens (tertiary/aromatic N) is 1. The van der Waals surface area contributed by atoms with Gasteiger partial charge in [0.05, 0.1) is 11.9 Å². The van der Waals surface area contributed by atoms with Gasteiger partial charge in [-0.05, 0) is 25.8 Å². The lowest BCUT2D eigenvalue weighted by molar-refractivity contribution is -0.154. The van der Waals surface area contributed by atoms with Gasteiger partial charge in [0.1, 0.15) is 0 Å². The number of aromatic nitrogens is 2. The number of carbonyl (C=O) groups excluding carboxylic acids is 4. The van der Waals surface area contributed by atoms with Crippen LogP contribution in [0.3, 0.4) is 0 Å². The van der Waals surface area contributed by atoms with Crippen molar-refractivity contribution < 1.29 is 23.9 Å². The Hall–Kier alpha value is -3.43. The molecule has 4 amide bonds. The number of carbonyl (C=O) groups is 4. The molecule has 1 saturated carbocycles. The lowest BCUT2D eigenvalue weighted by Crippen LogP contribution is -2.47. The van der Waals surface area contributed by atoms with E-state index in [0.717, 1.165) is 31.2 Å². The molecule has 0 saturated heterocycles. The smallest absolute Gasteiger partial charge is 0.321 e. The molecule has 1 aliphatic carbocycles. The van der Waals surface area contributed by atoms with E-state index in [-0.39, 0.29) is 24.7 Å². The molecule has 1 aromatic carbocycles. The fraction of sp³-hybridized carbons (Fsp3) is 0.450. The van der Waals surface area contributed by atoms with Crippen LogP contribution in [0.25, 0.3) is 10.9 Å². The van der Waals surface area contributed by atoms with Crippen molar-refractivity contribution in [1.29, 1.82) is 0 Å². The molecule has 1 aliphatic rings. The van der Waals surface area contributed by atoms with Crippen LogP contribution >= 0.6 is 0 Å². The minimum absolute atomic E-state index is 0.0232. The number of aromatic amines is 1. The number of imide groups is 1. The average Bonchev–Trinajstić information content (AvgIpc) is 3.37. The topological polar surface area (TPSA) is 142 Å². The van der Waals surface area contributed by atoms with Crippen molar-refractivity contribution >= 4 is 34.7 Å². The Balaban J connectivity index is 1.37. The zero-order chi connectivity index (χ0) is 21.5. The Labute approximate surface area is 173 Å². The number of benzene rings is 1. The first-order valence-corrected chi connectivity index (χ1v) is 9.96. The number of para-hydroxylation sites is 1. The van der Waals surface area contributed by atoms with Gasteiger partial charge in [-0.3, -0.25) is 24.8 Å². The summed E-state index contributed by atoms with van der Waals surface area (Å²) in [6, 6.07) is 6.68. The fourth-order valence-electron chi connectivity index (χ4n) is 3.31. The van der Waals surface area contributed by atoms with E-state index in [1.54, 1.807) is 18.2 Å². The van der Waals surface area contributed by atoms with Crippen LogP contribution in [-0.2, 0) is 14.3 Å². The maximum atomic E-state index is 12.2. The zero-order valence-corrected chi connectivity index (χ0v) is 16.7. The molecule has 1 unspecified atom stereocenters. The van der Waals surface area contributed by atoms with Gasteiger partial charge < -0.3 is 15.4 Å². The van der Waals surface area contributed by atoms with Gasteiger partial charge in [0.2, 0.25) is 0 Å². The first kappa shape index (κ1) is 21.3. The molecule has 4 N–H and O–H groups in total. The summed E-state index contributed by atoms with van der Waals surface area (Å²) in [5.74, 6) is -1.79. The van der Waals surface area contributed by atoms with E-state index >= 15 is 0 Å². The highest BCUT2D eigenvalue weighted by molar-refractivity contribution is 6.04. The van der Waals surface area contributed by atoms with Gasteiger partial charge in [-0.15, -0.1) is 0 Å². The van der Waals surface area contributed by atoms with Crippen LogP contribution in [0.2, 0.25) is 0 Å². The SMILES string of the molecule is CC(OC(=O)CCNC(=O)c1n[nH]c2ccccc12)C(=O)NC(=O)NC1CCCC1. The Morgan fingerprint density at radius 1 is 1.20 bits per heavy atom. The Morgan fingerprint density at radius 3 is 2.70 bits per heavy atom. The fourth-order valence-corrected chi connectivity index (χ4v) is 3.31. The zero-order valence-electron chi connectivity index (χ0n) is 16.7. The molecule has 160 valence electrons. The summed E-state index contributed by atoms with van der Waals surface area (Å²) >= 11 is 0. The third kappa shape index (κ3) is 5.56. The molecule has 3 rings (SSSR count). The van der Waals surface area contributed by atoms with E-state index in [1.807, 2.05) is 6.07 Å². The Morgan fingerprint density at radius 2 is 1.93 bits per heavy atom. The number of hydrogen-bond donors (Lipinski definition) is 4. The van der Waals surface area contributed by atoms with E-state index in [2.05, 4.69) is 26.1 Å². The monoisotopic (exact) mass is 415 g/mol. The van der Waals surface area contributed by atoms with Gasteiger partial charge in [0.25, 0.3) is 11.8 Å². The van der Waals surface area contributed by atoms with E-state index in [1.165, 1.54) is 6.92 Å². The largest absolute Gasteiger partial charge is 0.452 e. The van der Waals surface area contributed by atoms with Crippen LogP contribution in [-0.4, -0.2) is 52.7 Å². The van der Waals surface area contributed by atoms with E-state index in [0.29, 0.717) is 5.39 Å². The first-order valence-electron chi connectivity index (χ1n) is 9.96. The van der Waals surface area contributed by atoms with Gasteiger partial charge in [-0.2, -0.15) is 5.10 Å². The summed E-state index contributed by atoms with van der Waals surface area (Å²) in [5, 5.41) is 14.9. The van der Waals surface area contributed by atoms with Gasteiger partial charge in [-0.25, -0.2) is 4.79 Å². The van der Waals surface area contributed by atoms with Crippen LogP contribution in [0.1, 0.15) is 49.5 Å². The minimum Gasteiger partial charge on any atom is -0.452 e. The van der Waals surface area contributed by atoms with E-state index in [4.69, 9.17) is 4.74 Å². The number of nitrogens with one attached hydrogen (secondary N) is 4. The van der Waals surface area contributed by atoms with Gasteiger partial charge >= 0.3 is 12.0 Å². The second kappa shape index (κ2) is 9.86. The van der Waals surface area contributed by atoms with Crippen molar-refractivity contribution in [2.45, 2.75) is 51.2 Å². The molecule has 1 atom stereocenters. The number of rotatable bonds is 7. The lowest BCUT2D eigenvalue weighted by Gasteiger charge is -2.15. The molecule has 0 spiro atoms. The van der Waals surface area contributed by atoms with Crippen molar-refractivity contribution in [1.82, 2.24) is 26.1 Å². The third-order valence-electron chi connectivity index (χ3n) is 4.90. The summed E-state index contributed by atoms with van der Waals surface area (Å²) < 4.78 is 5.02. The third-order valence-corrected chi connectivity index (χ3v) is 4.90. The van der Waals surface area contributed by atoms with Crippen LogP contribution in [0.15, 0.2) is 24.3 Å². The molecule has 1 aromatic heterocycles. The quantitative estimate of drug-likeness (QED) is 0.503.